The van der Waals surface area contributed by atoms with E-state index in [9.17, 15) is 17.6 Å². The number of nitrogens with one attached hydrogen (secondary N) is 1. The number of rotatable bonds is 6. The second-order valence-electron chi connectivity index (χ2n) is 7.08. The molecule has 156 valence electrons. The van der Waals surface area contributed by atoms with Crippen LogP contribution in [-0.2, 0) is 10.0 Å². The number of benzene rings is 3. The van der Waals surface area contributed by atoms with E-state index in [-0.39, 0.29) is 22.7 Å². The van der Waals surface area contributed by atoms with Gasteiger partial charge in [-0.05, 0) is 61.9 Å². The van der Waals surface area contributed by atoms with Gasteiger partial charge in [0.05, 0.1) is 16.6 Å². The van der Waals surface area contributed by atoms with Crippen molar-refractivity contribution in [2.24, 2.45) is 0 Å². The monoisotopic (exact) mass is 426 g/mol. The van der Waals surface area contributed by atoms with Gasteiger partial charge in [-0.15, -0.1) is 0 Å². The zero-order chi connectivity index (χ0) is 21.9. The number of hydrogen-bond acceptors (Lipinski definition) is 3. The SMILES string of the molecule is Cc1ccc(S(=O)(=O)N(C)c2cccc(C(=O)N[C@H](C)c3ccc(F)cc3)c2)cc1. The van der Waals surface area contributed by atoms with E-state index in [2.05, 4.69) is 5.32 Å². The topological polar surface area (TPSA) is 66.5 Å². The fourth-order valence-corrected chi connectivity index (χ4v) is 4.15. The Morgan fingerprint density at radius 3 is 2.27 bits per heavy atom. The summed E-state index contributed by atoms with van der Waals surface area (Å²) in [6, 6.07) is 18.5. The zero-order valence-corrected chi connectivity index (χ0v) is 17.8. The molecule has 30 heavy (non-hydrogen) atoms. The Kier molecular flexibility index (Phi) is 6.22. The average molecular weight is 427 g/mol. The smallest absolute Gasteiger partial charge is 0.264 e. The van der Waals surface area contributed by atoms with Gasteiger partial charge in [0.15, 0.2) is 0 Å². The Morgan fingerprint density at radius 1 is 1.00 bits per heavy atom. The first-order valence-electron chi connectivity index (χ1n) is 9.40. The van der Waals surface area contributed by atoms with E-state index in [4.69, 9.17) is 0 Å². The van der Waals surface area contributed by atoms with Crippen LogP contribution >= 0.6 is 0 Å². The molecule has 0 bridgehead atoms. The van der Waals surface area contributed by atoms with E-state index in [1.54, 1.807) is 61.5 Å². The van der Waals surface area contributed by atoms with Crippen LogP contribution in [0.1, 0.15) is 34.5 Å². The molecule has 7 heteroatoms. The van der Waals surface area contributed by atoms with Crippen LogP contribution < -0.4 is 9.62 Å². The van der Waals surface area contributed by atoms with E-state index >= 15 is 0 Å². The fourth-order valence-electron chi connectivity index (χ4n) is 2.96. The van der Waals surface area contributed by atoms with Gasteiger partial charge in [0.1, 0.15) is 5.82 Å². The van der Waals surface area contributed by atoms with Crippen LogP contribution in [0.15, 0.2) is 77.7 Å². The van der Waals surface area contributed by atoms with Crippen LogP contribution in [0.25, 0.3) is 0 Å². The summed E-state index contributed by atoms with van der Waals surface area (Å²) in [5.74, 6) is -0.697. The van der Waals surface area contributed by atoms with Crippen molar-refractivity contribution < 1.29 is 17.6 Å². The number of sulfonamides is 1. The Balaban J connectivity index is 1.80. The molecule has 0 saturated carbocycles. The first-order valence-corrected chi connectivity index (χ1v) is 10.8. The predicted octanol–water partition coefficient (Wildman–Crippen LogP) is 4.45. The Labute approximate surface area is 176 Å². The predicted molar refractivity (Wildman–Crippen MR) is 115 cm³/mol. The molecule has 0 aromatic heterocycles. The van der Waals surface area contributed by atoms with Crippen molar-refractivity contribution in [2.45, 2.75) is 24.8 Å². The highest BCUT2D eigenvalue weighted by Crippen LogP contribution is 2.23. The van der Waals surface area contributed by atoms with Crippen LogP contribution in [0, 0.1) is 12.7 Å². The second kappa shape index (κ2) is 8.67. The molecule has 0 fully saturated rings. The molecule has 0 heterocycles. The summed E-state index contributed by atoms with van der Waals surface area (Å²) in [4.78, 5) is 12.9. The van der Waals surface area contributed by atoms with Crippen molar-refractivity contribution in [1.29, 1.82) is 0 Å². The second-order valence-corrected chi connectivity index (χ2v) is 9.05. The lowest BCUT2D eigenvalue weighted by atomic mass is 10.1. The molecule has 0 radical (unpaired) electrons. The van der Waals surface area contributed by atoms with Crippen molar-refractivity contribution in [1.82, 2.24) is 5.32 Å². The molecule has 0 unspecified atom stereocenters. The Hall–Kier alpha value is -3.19. The molecular formula is C23H23FN2O3S. The van der Waals surface area contributed by atoms with Gasteiger partial charge in [0, 0.05) is 12.6 Å². The zero-order valence-electron chi connectivity index (χ0n) is 17.0. The summed E-state index contributed by atoms with van der Waals surface area (Å²) in [7, 11) is -2.30. The van der Waals surface area contributed by atoms with Gasteiger partial charge >= 0.3 is 0 Å². The van der Waals surface area contributed by atoms with Crippen LogP contribution in [0.5, 0.6) is 0 Å². The fraction of sp³-hybridized carbons (Fsp3) is 0.174. The summed E-state index contributed by atoms with van der Waals surface area (Å²) < 4.78 is 40.1. The van der Waals surface area contributed by atoms with Gasteiger partial charge in [0.2, 0.25) is 0 Å². The van der Waals surface area contributed by atoms with E-state index in [1.165, 1.54) is 25.2 Å². The molecule has 0 aliphatic rings. The van der Waals surface area contributed by atoms with Crippen molar-refractivity contribution in [3.8, 4) is 0 Å². The first kappa shape index (κ1) is 21.5. The minimum atomic E-state index is -3.76. The third-order valence-corrected chi connectivity index (χ3v) is 6.67. The molecule has 3 rings (SSSR count). The molecule has 1 atom stereocenters. The number of carbonyl (C=O) groups excluding carboxylic acids is 1. The van der Waals surface area contributed by atoms with Gasteiger partial charge in [-0.3, -0.25) is 9.10 Å². The van der Waals surface area contributed by atoms with Gasteiger partial charge in [-0.1, -0.05) is 35.9 Å². The standard InChI is InChI=1S/C23H23FN2O3S/c1-16-7-13-22(14-8-16)30(28,29)26(3)21-6-4-5-19(15-21)23(27)25-17(2)18-9-11-20(24)12-10-18/h4-15,17H,1-3H3,(H,25,27)/t17-/m1/s1. The summed E-state index contributed by atoms with van der Waals surface area (Å²) in [6.45, 7) is 3.68. The maximum atomic E-state index is 13.1. The molecule has 5 nitrogen and oxygen atoms in total. The van der Waals surface area contributed by atoms with Crippen LogP contribution in [0.2, 0.25) is 0 Å². The quantitative estimate of drug-likeness (QED) is 0.633. The molecule has 1 amide bonds. The van der Waals surface area contributed by atoms with Gasteiger partial charge in [-0.25, -0.2) is 12.8 Å². The van der Waals surface area contributed by atoms with E-state index in [0.717, 1.165) is 15.4 Å². The molecule has 3 aromatic rings. The largest absolute Gasteiger partial charge is 0.346 e. The number of nitrogens with zero attached hydrogens (tertiary/aromatic N) is 1. The number of anilines is 1. The average Bonchev–Trinajstić information content (AvgIpc) is 2.74. The van der Waals surface area contributed by atoms with Crippen molar-refractivity contribution >= 4 is 21.6 Å². The maximum absolute atomic E-state index is 13.1. The number of halogens is 1. The molecule has 0 spiro atoms. The highest BCUT2D eigenvalue weighted by Gasteiger charge is 2.22. The third kappa shape index (κ3) is 4.68. The van der Waals surface area contributed by atoms with E-state index in [0.29, 0.717) is 11.3 Å². The maximum Gasteiger partial charge on any atom is 0.264 e. The number of carbonyl (C=O) groups is 1. The number of hydrogen-bond donors (Lipinski definition) is 1. The van der Waals surface area contributed by atoms with Gasteiger partial charge in [-0.2, -0.15) is 0 Å². The number of amides is 1. The Bertz CT molecular complexity index is 1140. The molecular weight excluding hydrogens is 403 g/mol. The molecule has 0 aliphatic heterocycles. The molecule has 0 aliphatic carbocycles. The number of aryl methyl sites for hydroxylation is 1. The lowest BCUT2D eigenvalue weighted by Crippen LogP contribution is -2.28. The highest BCUT2D eigenvalue weighted by atomic mass is 32.2. The van der Waals surface area contributed by atoms with Gasteiger partial charge in [0.25, 0.3) is 15.9 Å². The van der Waals surface area contributed by atoms with E-state index < -0.39 is 10.0 Å². The lowest BCUT2D eigenvalue weighted by molar-refractivity contribution is 0.0940. The Morgan fingerprint density at radius 2 is 1.63 bits per heavy atom. The minimum absolute atomic E-state index is 0.176. The summed E-state index contributed by atoms with van der Waals surface area (Å²) >= 11 is 0. The minimum Gasteiger partial charge on any atom is -0.346 e. The van der Waals surface area contributed by atoms with Crippen molar-refractivity contribution in [3.63, 3.8) is 0 Å². The van der Waals surface area contributed by atoms with Crippen LogP contribution in [0.4, 0.5) is 10.1 Å². The van der Waals surface area contributed by atoms with Crippen LogP contribution in [0.3, 0.4) is 0 Å². The van der Waals surface area contributed by atoms with Crippen LogP contribution in [-0.4, -0.2) is 21.4 Å². The van der Waals surface area contributed by atoms with Crippen molar-refractivity contribution in [3.05, 3.63) is 95.3 Å². The third-order valence-electron chi connectivity index (χ3n) is 4.87. The highest BCUT2D eigenvalue weighted by molar-refractivity contribution is 7.92. The first-order chi connectivity index (χ1) is 14.2. The molecule has 0 saturated heterocycles. The summed E-state index contributed by atoms with van der Waals surface area (Å²) in [5, 5.41) is 2.85. The van der Waals surface area contributed by atoms with E-state index in [1.807, 2.05) is 6.92 Å². The lowest BCUT2D eigenvalue weighted by Gasteiger charge is -2.20. The molecule has 3 aromatic carbocycles. The molecule has 1 N–H and O–H groups in total. The van der Waals surface area contributed by atoms with Crippen molar-refractivity contribution in [2.75, 3.05) is 11.4 Å². The summed E-state index contributed by atoms with van der Waals surface area (Å²) in [6.07, 6.45) is 0. The van der Waals surface area contributed by atoms with Gasteiger partial charge < -0.3 is 5.32 Å². The summed E-state index contributed by atoms with van der Waals surface area (Å²) in [5.41, 5.74) is 2.43. The normalized spacial score (nSPS) is 12.3.